The number of aromatic nitrogens is 2. The Morgan fingerprint density at radius 2 is 1.64 bits per heavy atom. The fourth-order valence-electron chi connectivity index (χ4n) is 5.22. The molecule has 2 saturated heterocycles. The van der Waals surface area contributed by atoms with Crippen molar-refractivity contribution < 1.29 is 4.74 Å². The molecule has 1 aromatic carbocycles. The highest BCUT2D eigenvalue weighted by Gasteiger charge is 2.25. The Kier molecular flexibility index (Phi) is 7.09. The van der Waals surface area contributed by atoms with Crippen molar-refractivity contribution in [1.29, 1.82) is 0 Å². The van der Waals surface area contributed by atoms with E-state index in [0.717, 1.165) is 96.3 Å². The number of likely N-dealkylation sites (N-methyl/N-ethyl adjacent to an activating group) is 1. The molecule has 3 aliphatic rings. The summed E-state index contributed by atoms with van der Waals surface area (Å²) in [5, 5.41) is 0. The fourth-order valence-corrected chi connectivity index (χ4v) is 5.22. The zero-order chi connectivity index (χ0) is 22.6. The first-order chi connectivity index (χ1) is 16.2. The Hall–Kier alpha value is -2.22. The van der Waals surface area contributed by atoms with E-state index in [-0.39, 0.29) is 0 Å². The molecule has 3 aliphatic heterocycles. The van der Waals surface area contributed by atoms with Gasteiger partial charge in [0.05, 0.1) is 13.2 Å². The summed E-state index contributed by atoms with van der Waals surface area (Å²) in [6, 6.07) is 8.88. The molecule has 0 bridgehead atoms. The average molecular weight is 451 g/mol. The minimum atomic E-state index is 0.871. The number of fused-ring (bicyclic) bond motifs is 1. The van der Waals surface area contributed by atoms with Crippen LogP contribution in [0.15, 0.2) is 24.3 Å². The smallest absolute Gasteiger partial charge is 0.161 e. The Bertz CT molecular complexity index is 919. The lowest BCUT2D eigenvalue weighted by Gasteiger charge is -2.34. The summed E-state index contributed by atoms with van der Waals surface area (Å²) in [7, 11) is 2.20. The van der Waals surface area contributed by atoms with Gasteiger partial charge in [-0.3, -0.25) is 4.90 Å². The summed E-state index contributed by atoms with van der Waals surface area (Å²) in [4.78, 5) is 20.0. The normalized spacial score (nSPS) is 19.8. The second-order valence-corrected chi connectivity index (χ2v) is 9.53. The van der Waals surface area contributed by atoms with Gasteiger partial charge in [-0.25, -0.2) is 9.97 Å². The van der Waals surface area contributed by atoms with Crippen LogP contribution in [0.1, 0.15) is 24.6 Å². The summed E-state index contributed by atoms with van der Waals surface area (Å²) in [6.07, 6.45) is 3.19. The van der Waals surface area contributed by atoms with Gasteiger partial charge >= 0.3 is 0 Å². The van der Waals surface area contributed by atoms with Crippen molar-refractivity contribution in [2.24, 2.45) is 0 Å². The SMILES string of the molecule is CCc1nc(-c2ccc(N3CCN(C)CC3)cc2)nc2c1CCN2CCCN1CCOCC1. The Balaban J connectivity index is 1.29. The van der Waals surface area contributed by atoms with E-state index in [2.05, 4.69) is 57.8 Å². The van der Waals surface area contributed by atoms with E-state index >= 15 is 0 Å². The highest BCUT2D eigenvalue weighted by Crippen LogP contribution is 2.32. The lowest BCUT2D eigenvalue weighted by Crippen LogP contribution is -2.44. The van der Waals surface area contributed by atoms with Crippen molar-refractivity contribution in [1.82, 2.24) is 19.8 Å². The van der Waals surface area contributed by atoms with Gasteiger partial charge in [0.2, 0.25) is 0 Å². The van der Waals surface area contributed by atoms with Crippen LogP contribution >= 0.6 is 0 Å². The molecule has 1 aromatic heterocycles. The van der Waals surface area contributed by atoms with E-state index < -0.39 is 0 Å². The number of hydrogen-bond acceptors (Lipinski definition) is 7. The maximum atomic E-state index is 5.48. The molecule has 0 saturated carbocycles. The maximum Gasteiger partial charge on any atom is 0.161 e. The van der Waals surface area contributed by atoms with Crippen LogP contribution in [0.4, 0.5) is 11.5 Å². The number of benzene rings is 1. The number of morpholine rings is 1. The topological polar surface area (TPSA) is 48.0 Å². The van der Waals surface area contributed by atoms with Gasteiger partial charge in [0.25, 0.3) is 0 Å². The third kappa shape index (κ3) is 5.15. The fraction of sp³-hybridized carbons (Fsp3) is 0.615. The molecule has 33 heavy (non-hydrogen) atoms. The third-order valence-electron chi connectivity index (χ3n) is 7.34. The van der Waals surface area contributed by atoms with E-state index in [0.29, 0.717) is 0 Å². The molecule has 4 heterocycles. The molecule has 178 valence electrons. The van der Waals surface area contributed by atoms with Crippen LogP contribution in [-0.2, 0) is 17.6 Å². The molecule has 5 rings (SSSR count). The molecule has 0 N–H and O–H groups in total. The maximum absolute atomic E-state index is 5.48. The van der Waals surface area contributed by atoms with Crippen LogP contribution in [0.3, 0.4) is 0 Å². The molecule has 0 unspecified atom stereocenters. The van der Waals surface area contributed by atoms with E-state index in [4.69, 9.17) is 14.7 Å². The van der Waals surface area contributed by atoms with Crippen LogP contribution in [-0.4, -0.2) is 98.9 Å². The van der Waals surface area contributed by atoms with Crippen molar-refractivity contribution in [3.63, 3.8) is 0 Å². The summed E-state index contributed by atoms with van der Waals surface area (Å²) in [6.45, 7) is 13.8. The lowest BCUT2D eigenvalue weighted by atomic mass is 10.1. The molecule has 0 atom stereocenters. The second kappa shape index (κ2) is 10.4. The molecule has 0 aliphatic carbocycles. The van der Waals surface area contributed by atoms with Crippen molar-refractivity contribution in [3.05, 3.63) is 35.5 Å². The van der Waals surface area contributed by atoms with Crippen molar-refractivity contribution in [2.45, 2.75) is 26.2 Å². The molecule has 7 heteroatoms. The standard InChI is InChI=1S/C26H38N6O/c1-3-24-23-9-12-32(11-4-10-30-17-19-33-20-18-30)26(23)28-25(27-24)21-5-7-22(8-6-21)31-15-13-29(2)14-16-31/h5-8H,3-4,9-20H2,1-2H3. The molecule has 2 fully saturated rings. The third-order valence-corrected chi connectivity index (χ3v) is 7.34. The number of piperazine rings is 1. The predicted molar refractivity (Wildman–Crippen MR) is 134 cm³/mol. The molecule has 7 nitrogen and oxygen atoms in total. The molecular weight excluding hydrogens is 412 g/mol. The van der Waals surface area contributed by atoms with E-state index in [1.54, 1.807) is 0 Å². The van der Waals surface area contributed by atoms with Gasteiger partial charge in [-0.2, -0.15) is 0 Å². The van der Waals surface area contributed by atoms with Gasteiger partial charge in [0.15, 0.2) is 5.82 Å². The molecule has 0 amide bonds. The quantitative estimate of drug-likeness (QED) is 0.642. The number of anilines is 2. The molecule has 0 radical (unpaired) electrons. The van der Waals surface area contributed by atoms with Gasteiger partial charge in [-0.05, 0) is 50.6 Å². The first-order valence-electron chi connectivity index (χ1n) is 12.7. The van der Waals surface area contributed by atoms with Gasteiger partial charge in [0, 0.05) is 81.4 Å². The van der Waals surface area contributed by atoms with Crippen molar-refractivity contribution >= 4 is 11.5 Å². The second-order valence-electron chi connectivity index (χ2n) is 9.53. The van der Waals surface area contributed by atoms with Crippen molar-refractivity contribution in [2.75, 3.05) is 89.0 Å². The van der Waals surface area contributed by atoms with Gasteiger partial charge in [-0.15, -0.1) is 0 Å². The lowest BCUT2D eigenvalue weighted by molar-refractivity contribution is 0.0376. The first kappa shape index (κ1) is 22.6. The number of ether oxygens (including phenoxy) is 1. The number of rotatable bonds is 7. The minimum absolute atomic E-state index is 0.871. The van der Waals surface area contributed by atoms with Crippen LogP contribution in [0, 0.1) is 0 Å². The van der Waals surface area contributed by atoms with Crippen LogP contribution in [0.5, 0.6) is 0 Å². The number of nitrogens with zero attached hydrogens (tertiary/aromatic N) is 6. The van der Waals surface area contributed by atoms with Crippen LogP contribution in [0.25, 0.3) is 11.4 Å². The van der Waals surface area contributed by atoms with E-state index in [1.165, 1.54) is 29.2 Å². The van der Waals surface area contributed by atoms with Crippen LogP contribution < -0.4 is 9.80 Å². The van der Waals surface area contributed by atoms with Crippen molar-refractivity contribution in [3.8, 4) is 11.4 Å². The number of aryl methyl sites for hydroxylation is 1. The predicted octanol–water partition coefficient (Wildman–Crippen LogP) is 2.54. The largest absolute Gasteiger partial charge is 0.379 e. The van der Waals surface area contributed by atoms with Gasteiger partial charge in [-0.1, -0.05) is 6.92 Å². The highest BCUT2D eigenvalue weighted by atomic mass is 16.5. The van der Waals surface area contributed by atoms with E-state index in [9.17, 15) is 0 Å². The monoisotopic (exact) mass is 450 g/mol. The zero-order valence-electron chi connectivity index (χ0n) is 20.3. The summed E-state index contributed by atoms with van der Waals surface area (Å²) >= 11 is 0. The summed E-state index contributed by atoms with van der Waals surface area (Å²) in [5.41, 5.74) is 4.99. The molecule has 2 aromatic rings. The number of hydrogen-bond donors (Lipinski definition) is 0. The minimum Gasteiger partial charge on any atom is -0.379 e. The van der Waals surface area contributed by atoms with Crippen LogP contribution in [0.2, 0.25) is 0 Å². The average Bonchev–Trinajstić information content (AvgIpc) is 3.28. The Labute approximate surface area is 198 Å². The van der Waals surface area contributed by atoms with E-state index in [1.807, 2.05) is 0 Å². The summed E-state index contributed by atoms with van der Waals surface area (Å²) in [5.74, 6) is 2.04. The molecule has 0 spiro atoms. The molecular formula is C26H38N6O. The van der Waals surface area contributed by atoms with Gasteiger partial charge < -0.3 is 19.4 Å². The summed E-state index contributed by atoms with van der Waals surface area (Å²) < 4.78 is 5.48. The Morgan fingerprint density at radius 1 is 0.879 bits per heavy atom. The highest BCUT2D eigenvalue weighted by molar-refractivity contribution is 5.65. The zero-order valence-corrected chi connectivity index (χ0v) is 20.3. The van der Waals surface area contributed by atoms with Gasteiger partial charge in [0.1, 0.15) is 5.82 Å². The first-order valence-corrected chi connectivity index (χ1v) is 12.7. The Morgan fingerprint density at radius 3 is 2.36 bits per heavy atom.